The van der Waals surface area contributed by atoms with Crippen LogP contribution in [0.5, 0.6) is 5.75 Å². The Morgan fingerprint density at radius 2 is 2.17 bits per heavy atom. The lowest BCUT2D eigenvalue weighted by Crippen LogP contribution is -2.16. The summed E-state index contributed by atoms with van der Waals surface area (Å²) in [6, 6.07) is 6.29. The Hall–Kier alpha value is -2.18. The average Bonchev–Trinajstić information content (AvgIpc) is 2.87. The summed E-state index contributed by atoms with van der Waals surface area (Å²) in [4.78, 5) is 28.8. The largest absolute Gasteiger partial charge is 0.487 e. The zero-order valence-electron chi connectivity index (χ0n) is 12.5. The summed E-state index contributed by atoms with van der Waals surface area (Å²) in [5.41, 5.74) is 1.63. The molecule has 0 saturated heterocycles. The standard InChI is InChI=1S/C16H13ClN2O3S/c1-9-8-23-16-18-12(6-15(21)19(9)16)7-22-14-4-3-11(17)5-13(14)10(2)20/h3-6,8H,7H2,1-2H3. The molecular weight excluding hydrogens is 336 g/mol. The fourth-order valence-corrected chi connectivity index (χ4v) is 3.29. The number of hydrogen-bond acceptors (Lipinski definition) is 5. The smallest absolute Gasteiger partial charge is 0.259 e. The number of fused-ring (bicyclic) bond motifs is 1. The van der Waals surface area contributed by atoms with E-state index in [1.165, 1.54) is 24.3 Å². The van der Waals surface area contributed by atoms with Gasteiger partial charge in [-0.05, 0) is 32.0 Å². The summed E-state index contributed by atoms with van der Waals surface area (Å²) < 4.78 is 7.22. The van der Waals surface area contributed by atoms with E-state index in [4.69, 9.17) is 16.3 Å². The van der Waals surface area contributed by atoms with Crippen LogP contribution in [0, 0.1) is 6.92 Å². The van der Waals surface area contributed by atoms with Crippen molar-refractivity contribution in [3.63, 3.8) is 0 Å². The third-order valence-electron chi connectivity index (χ3n) is 3.33. The molecule has 0 N–H and O–H groups in total. The predicted octanol–water partition coefficient (Wildman–Crippen LogP) is 3.50. The van der Waals surface area contributed by atoms with Crippen LogP contribution in [0.15, 0.2) is 34.4 Å². The molecule has 0 bridgehead atoms. The van der Waals surface area contributed by atoms with Crippen LogP contribution in [0.1, 0.15) is 28.7 Å². The zero-order valence-corrected chi connectivity index (χ0v) is 14.1. The molecule has 3 aromatic rings. The van der Waals surface area contributed by atoms with Gasteiger partial charge in [-0.1, -0.05) is 11.6 Å². The van der Waals surface area contributed by atoms with Gasteiger partial charge in [0.2, 0.25) is 0 Å². The Kier molecular flexibility index (Phi) is 4.19. The molecule has 0 saturated carbocycles. The molecule has 0 amide bonds. The van der Waals surface area contributed by atoms with Crippen molar-refractivity contribution in [2.75, 3.05) is 0 Å². The Morgan fingerprint density at radius 3 is 2.91 bits per heavy atom. The summed E-state index contributed by atoms with van der Waals surface area (Å²) in [5.74, 6) is 0.283. The van der Waals surface area contributed by atoms with Crippen LogP contribution >= 0.6 is 22.9 Å². The number of hydrogen-bond donors (Lipinski definition) is 0. The number of benzene rings is 1. The van der Waals surface area contributed by atoms with E-state index in [1.54, 1.807) is 22.6 Å². The first-order valence-electron chi connectivity index (χ1n) is 6.86. The number of ketones is 1. The van der Waals surface area contributed by atoms with Crippen molar-refractivity contribution in [3.05, 3.63) is 62.0 Å². The lowest BCUT2D eigenvalue weighted by atomic mass is 10.1. The average molecular weight is 349 g/mol. The van der Waals surface area contributed by atoms with Crippen LogP contribution < -0.4 is 10.3 Å². The number of ether oxygens (including phenoxy) is 1. The van der Waals surface area contributed by atoms with Gasteiger partial charge in [0.15, 0.2) is 10.7 Å². The van der Waals surface area contributed by atoms with E-state index < -0.39 is 0 Å². The first kappa shape index (κ1) is 15.7. The molecule has 0 atom stereocenters. The molecular formula is C16H13ClN2O3S. The molecule has 0 radical (unpaired) electrons. The first-order valence-corrected chi connectivity index (χ1v) is 8.11. The minimum absolute atomic E-state index is 0.102. The van der Waals surface area contributed by atoms with E-state index in [9.17, 15) is 9.59 Å². The molecule has 1 aromatic carbocycles. The molecule has 0 unspecified atom stereocenters. The van der Waals surface area contributed by atoms with Crippen molar-refractivity contribution in [3.8, 4) is 5.75 Å². The van der Waals surface area contributed by atoms with E-state index in [2.05, 4.69) is 4.98 Å². The summed E-state index contributed by atoms with van der Waals surface area (Å²) in [6.07, 6.45) is 0. The highest BCUT2D eigenvalue weighted by Crippen LogP contribution is 2.24. The Bertz CT molecular complexity index is 962. The van der Waals surface area contributed by atoms with Crippen molar-refractivity contribution in [2.24, 2.45) is 0 Å². The number of nitrogens with zero attached hydrogens (tertiary/aromatic N) is 2. The fraction of sp³-hybridized carbons (Fsp3) is 0.188. The van der Waals surface area contributed by atoms with Gasteiger partial charge in [0.25, 0.3) is 5.56 Å². The molecule has 2 aromatic heterocycles. The number of carbonyl (C=O) groups excluding carboxylic acids is 1. The molecule has 5 nitrogen and oxygen atoms in total. The lowest BCUT2D eigenvalue weighted by Gasteiger charge is -2.10. The molecule has 0 aliphatic carbocycles. The first-order chi connectivity index (χ1) is 11.0. The van der Waals surface area contributed by atoms with Crippen LogP contribution in [0.2, 0.25) is 5.02 Å². The lowest BCUT2D eigenvalue weighted by molar-refractivity contribution is 0.101. The Balaban J connectivity index is 1.89. The highest BCUT2D eigenvalue weighted by atomic mass is 35.5. The van der Waals surface area contributed by atoms with Crippen molar-refractivity contribution in [2.45, 2.75) is 20.5 Å². The van der Waals surface area contributed by atoms with Gasteiger partial charge in [-0.2, -0.15) is 0 Å². The van der Waals surface area contributed by atoms with Crippen molar-refractivity contribution in [1.29, 1.82) is 0 Å². The van der Waals surface area contributed by atoms with Gasteiger partial charge >= 0.3 is 0 Å². The monoisotopic (exact) mass is 348 g/mol. The van der Waals surface area contributed by atoms with Gasteiger partial charge in [-0.15, -0.1) is 11.3 Å². The minimum atomic E-state index is -0.143. The molecule has 7 heteroatoms. The van der Waals surface area contributed by atoms with Gasteiger partial charge in [-0.25, -0.2) is 4.98 Å². The second kappa shape index (κ2) is 6.14. The van der Waals surface area contributed by atoms with Crippen LogP contribution in [0.3, 0.4) is 0 Å². The van der Waals surface area contributed by atoms with Crippen molar-refractivity contribution >= 4 is 33.7 Å². The van der Waals surface area contributed by atoms with Gasteiger partial charge in [0.1, 0.15) is 12.4 Å². The van der Waals surface area contributed by atoms with Crippen molar-refractivity contribution in [1.82, 2.24) is 9.38 Å². The van der Waals surface area contributed by atoms with Crippen molar-refractivity contribution < 1.29 is 9.53 Å². The third-order valence-corrected chi connectivity index (χ3v) is 4.50. The maximum Gasteiger partial charge on any atom is 0.259 e. The molecule has 0 aliphatic rings. The highest BCUT2D eigenvalue weighted by Gasteiger charge is 2.11. The minimum Gasteiger partial charge on any atom is -0.487 e. The van der Waals surface area contributed by atoms with E-state index >= 15 is 0 Å². The second-order valence-corrected chi connectivity index (χ2v) is 6.34. The maximum absolute atomic E-state index is 12.1. The van der Waals surface area contributed by atoms with Crippen LogP contribution in [-0.4, -0.2) is 15.2 Å². The second-order valence-electron chi connectivity index (χ2n) is 5.07. The van der Waals surface area contributed by atoms with Gasteiger partial charge < -0.3 is 4.74 Å². The Morgan fingerprint density at radius 1 is 1.39 bits per heavy atom. The van der Waals surface area contributed by atoms with E-state index in [0.717, 1.165) is 5.69 Å². The normalized spacial score (nSPS) is 10.9. The van der Waals surface area contributed by atoms with Gasteiger partial charge in [0, 0.05) is 22.2 Å². The molecule has 0 fully saturated rings. The number of aromatic nitrogens is 2. The van der Waals surface area contributed by atoms with E-state index in [1.807, 2.05) is 12.3 Å². The van der Waals surface area contributed by atoms with Crippen LogP contribution in [-0.2, 0) is 6.61 Å². The molecule has 118 valence electrons. The predicted molar refractivity (Wildman–Crippen MR) is 89.9 cm³/mol. The third kappa shape index (κ3) is 3.13. The van der Waals surface area contributed by atoms with Crippen LogP contribution in [0.4, 0.5) is 0 Å². The maximum atomic E-state index is 12.1. The number of halogens is 1. The van der Waals surface area contributed by atoms with E-state index in [-0.39, 0.29) is 17.9 Å². The van der Waals surface area contributed by atoms with Crippen LogP contribution in [0.25, 0.3) is 4.96 Å². The fourth-order valence-electron chi connectivity index (χ4n) is 2.23. The number of carbonyl (C=O) groups is 1. The molecule has 3 rings (SSSR count). The number of rotatable bonds is 4. The Labute approximate surface area is 141 Å². The van der Waals surface area contributed by atoms with Gasteiger partial charge in [0.05, 0.1) is 11.3 Å². The zero-order chi connectivity index (χ0) is 16.6. The SMILES string of the molecule is CC(=O)c1cc(Cl)ccc1OCc1cc(=O)n2c(C)csc2n1. The number of aryl methyl sites for hydroxylation is 1. The molecule has 2 heterocycles. The summed E-state index contributed by atoms with van der Waals surface area (Å²) >= 11 is 7.30. The topological polar surface area (TPSA) is 60.7 Å². The number of thiazole rings is 1. The van der Waals surface area contributed by atoms with Gasteiger partial charge in [-0.3, -0.25) is 14.0 Å². The summed E-state index contributed by atoms with van der Waals surface area (Å²) in [5, 5.41) is 2.34. The molecule has 0 spiro atoms. The highest BCUT2D eigenvalue weighted by molar-refractivity contribution is 7.15. The summed E-state index contributed by atoms with van der Waals surface area (Å²) in [7, 11) is 0. The van der Waals surface area contributed by atoms with E-state index in [0.29, 0.717) is 27.0 Å². The quantitative estimate of drug-likeness (QED) is 0.677. The number of Topliss-reactive ketones (excluding diaryl/α,β-unsaturated/α-hetero) is 1. The summed E-state index contributed by atoms with van der Waals surface area (Å²) in [6.45, 7) is 3.41. The molecule has 23 heavy (non-hydrogen) atoms. The molecule has 0 aliphatic heterocycles.